The molecule has 2 aromatic carbocycles. The van der Waals surface area contributed by atoms with E-state index in [1.165, 1.54) is 20.8 Å². The third-order valence-electron chi connectivity index (χ3n) is 3.45. The normalized spacial score (nSPS) is 11.0. The van der Waals surface area contributed by atoms with Crippen LogP contribution in [-0.4, -0.2) is 22.5 Å². The number of rotatable bonds is 4. The zero-order valence-electron chi connectivity index (χ0n) is 14.4. The number of aliphatic hydroxyl groups excluding tert-OH is 1. The average Bonchev–Trinajstić information content (AvgIpc) is 2.55. The second kappa shape index (κ2) is 8.89. The minimum atomic E-state index is -0.510. The van der Waals surface area contributed by atoms with Crippen molar-refractivity contribution in [1.82, 2.24) is 0 Å². The van der Waals surface area contributed by atoms with Gasteiger partial charge in [0.1, 0.15) is 0 Å². The summed E-state index contributed by atoms with van der Waals surface area (Å²) in [5, 5.41) is 9.22. The SMILES string of the molecule is CC(=O)c1cccc(C(C)=O)c1.CC(=O)c1cccc(C(C)O)c1. The number of aliphatic hydroxyl groups is 1. The first-order chi connectivity index (χ1) is 11.2. The van der Waals surface area contributed by atoms with Gasteiger partial charge in [-0.1, -0.05) is 36.4 Å². The predicted octanol–water partition coefficient (Wildman–Crippen LogP) is 4.03. The molecule has 0 heterocycles. The van der Waals surface area contributed by atoms with Gasteiger partial charge in [-0.2, -0.15) is 0 Å². The fourth-order valence-corrected chi connectivity index (χ4v) is 1.97. The monoisotopic (exact) mass is 326 g/mol. The Kier molecular flexibility index (Phi) is 7.21. The van der Waals surface area contributed by atoms with Gasteiger partial charge in [0.15, 0.2) is 17.3 Å². The van der Waals surface area contributed by atoms with Crippen molar-refractivity contribution in [2.45, 2.75) is 33.8 Å². The molecule has 0 aromatic heterocycles. The number of hydrogen-bond acceptors (Lipinski definition) is 4. The van der Waals surface area contributed by atoms with Crippen LogP contribution in [0.4, 0.5) is 0 Å². The molecule has 126 valence electrons. The van der Waals surface area contributed by atoms with Gasteiger partial charge in [0.25, 0.3) is 0 Å². The Balaban J connectivity index is 0.000000240. The van der Waals surface area contributed by atoms with Crippen molar-refractivity contribution in [2.75, 3.05) is 0 Å². The van der Waals surface area contributed by atoms with Crippen LogP contribution in [0, 0.1) is 0 Å². The molecule has 0 aliphatic carbocycles. The van der Waals surface area contributed by atoms with Crippen molar-refractivity contribution < 1.29 is 19.5 Å². The maximum atomic E-state index is 10.9. The van der Waals surface area contributed by atoms with Crippen molar-refractivity contribution >= 4 is 17.3 Å². The van der Waals surface area contributed by atoms with Crippen LogP contribution in [0.5, 0.6) is 0 Å². The molecule has 24 heavy (non-hydrogen) atoms. The Morgan fingerprint density at radius 2 is 1.12 bits per heavy atom. The van der Waals surface area contributed by atoms with Crippen LogP contribution in [0.2, 0.25) is 0 Å². The van der Waals surface area contributed by atoms with Gasteiger partial charge < -0.3 is 5.11 Å². The van der Waals surface area contributed by atoms with Crippen molar-refractivity contribution in [1.29, 1.82) is 0 Å². The van der Waals surface area contributed by atoms with E-state index in [4.69, 9.17) is 0 Å². The molecule has 0 saturated carbocycles. The molecule has 0 aliphatic heterocycles. The molecule has 2 aromatic rings. The smallest absolute Gasteiger partial charge is 0.159 e. The summed E-state index contributed by atoms with van der Waals surface area (Å²) >= 11 is 0. The van der Waals surface area contributed by atoms with Gasteiger partial charge in [0.2, 0.25) is 0 Å². The topological polar surface area (TPSA) is 71.4 Å². The van der Waals surface area contributed by atoms with Crippen molar-refractivity contribution in [3.63, 3.8) is 0 Å². The first kappa shape index (κ1) is 19.5. The second-order valence-corrected chi connectivity index (χ2v) is 5.55. The molecule has 1 N–H and O–H groups in total. The molecule has 0 amide bonds. The summed E-state index contributed by atoms with van der Waals surface area (Å²) in [5.41, 5.74) is 2.60. The summed E-state index contributed by atoms with van der Waals surface area (Å²) in [6.07, 6.45) is -0.510. The Hall–Kier alpha value is -2.59. The number of carbonyl (C=O) groups is 3. The highest BCUT2D eigenvalue weighted by Gasteiger charge is 2.04. The van der Waals surface area contributed by atoms with E-state index in [-0.39, 0.29) is 17.3 Å². The van der Waals surface area contributed by atoms with Crippen LogP contribution in [0.1, 0.15) is 70.4 Å². The van der Waals surface area contributed by atoms with Crippen LogP contribution >= 0.6 is 0 Å². The minimum Gasteiger partial charge on any atom is -0.389 e. The number of benzene rings is 2. The highest BCUT2D eigenvalue weighted by atomic mass is 16.3. The molecule has 0 aliphatic rings. The molecular weight excluding hydrogens is 304 g/mol. The third-order valence-corrected chi connectivity index (χ3v) is 3.45. The standard InChI is InChI=1S/C10H12O2.C10H10O2/c2*1-7(11)9-4-3-5-10(6-9)8(2)12/h3-7,11H,1-2H3;3-6H,1-2H3. The van der Waals surface area contributed by atoms with Crippen molar-refractivity contribution in [3.05, 3.63) is 70.8 Å². The Labute approximate surface area is 142 Å². The lowest BCUT2D eigenvalue weighted by Crippen LogP contribution is -1.96. The number of hydrogen-bond donors (Lipinski definition) is 1. The number of Topliss-reactive ketones (excluding diaryl/α,β-unsaturated/α-hetero) is 3. The highest BCUT2D eigenvalue weighted by Crippen LogP contribution is 2.13. The van der Waals surface area contributed by atoms with Crippen molar-refractivity contribution in [2.24, 2.45) is 0 Å². The van der Waals surface area contributed by atoms with E-state index < -0.39 is 6.10 Å². The van der Waals surface area contributed by atoms with E-state index >= 15 is 0 Å². The lowest BCUT2D eigenvalue weighted by Gasteiger charge is -2.04. The fourth-order valence-electron chi connectivity index (χ4n) is 1.97. The van der Waals surface area contributed by atoms with Gasteiger partial charge in [-0.05, 0) is 45.4 Å². The van der Waals surface area contributed by atoms with E-state index in [0.717, 1.165) is 5.56 Å². The van der Waals surface area contributed by atoms with Gasteiger partial charge in [0, 0.05) is 16.7 Å². The quantitative estimate of drug-likeness (QED) is 0.861. The largest absolute Gasteiger partial charge is 0.389 e. The average molecular weight is 326 g/mol. The molecule has 4 nitrogen and oxygen atoms in total. The summed E-state index contributed by atoms with van der Waals surface area (Å²) in [7, 11) is 0. The van der Waals surface area contributed by atoms with E-state index in [9.17, 15) is 19.5 Å². The first-order valence-electron chi connectivity index (χ1n) is 7.63. The Morgan fingerprint density at radius 1 is 0.750 bits per heavy atom. The molecule has 0 fully saturated rings. The first-order valence-corrected chi connectivity index (χ1v) is 7.63. The molecule has 0 bridgehead atoms. The maximum Gasteiger partial charge on any atom is 0.159 e. The van der Waals surface area contributed by atoms with Crippen molar-refractivity contribution in [3.8, 4) is 0 Å². The third kappa shape index (κ3) is 5.89. The summed E-state index contributed by atoms with van der Waals surface area (Å²) in [5.74, 6) is -0.00583. The Bertz CT molecular complexity index is 716. The van der Waals surface area contributed by atoms with Crippen LogP contribution in [-0.2, 0) is 0 Å². The summed E-state index contributed by atoms with van der Waals surface area (Å²) in [4.78, 5) is 32.8. The van der Waals surface area contributed by atoms with Gasteiger partial charge >= 0.3 is 0 Å². The lowest BCUT2D eigenvalue weighted by molar-refractivity contribution is 0.100. The van der Waals surface area contributed by atoms with Crippen LogP contribution in [0.3, 0.4) is 0 Å². The van der Waals surface area contributed by atoms with Gasteiger partial charge in [-0.3, -0.25) is 14.4 Å². The molecule has 0 radical (unpaired) electrons. The van der Waals surface area contributed by atoms with Crippen LogP contribution < -0.4 is 0 Å². The maximum absolute atomic E-state index is 10.9. The van der Waals surface area contributed by atoms with Gasteiger partial charge in [-0.15, -0.1) is 0 Å². The number of ketones is 3. The summed E-state index contributed by atoms with van der Waals surface area (Å²) in [6.45, 7) is 6.17. The minimum absolute atomic E-state index is 0.0156. The van der Waals surface area contributed by atoms with Crippen LogP contribution in [0.15, 0.2) is 48.5 Å². The Morgan fingerprint density at radius 3 is 1.50 bits per heavy atom. The molecule has 0 saturated heterocycles. The van der Waals surface area contributed by atoms with E-state index in [1.54, 1.807) is 55.5 Å². The lowest BCUT2D eigenvalue weighted by atomic mass is 10.1. The van der Waals surface area contributed by atoms with E-state index in [2.05, 4.69) is 0 Å². The molecule has 0 spiro atoms. The van der Waals surface area contributed by atoms with E-state index in [0.29, 0.717) is 16.7 Å². The van der Waals surface area contributed by atoms with Gasteiger partial charge in [0.05, 0.1) is 6.10 Å². The van der Waals surface area contributed by atoms with Gasteiger partial charge in [-0.25, -0.2) is 0 Å². The van der Waals surface area contributed by atoms with E-state index in [1.807, 2.05) is 0 Å². The predicted molar refractivity (Wildman–Crippen MR) is 93.5 cm³/mol. The molecule has 4 heteroatoms. The number of carbonyl (C=O) groups excluding carboxylic acids is 3. The fraction of sp³-hybridized carbons (Fsp3) is 0.250. The molecular formula is C20H22O4. The molecule has 1 unspecified atom stereocenters. The molecule has 2 rings (SSSR count). The zero-order chi connectivity index (χ0) is 18.3. The molecule has 1 atom stereocenters. The summed E-state index contributed by atoms with van der Waals surface area (Å²) in [6, 6.07) is 13.8. The summed E-state index contributed by atoms with van der Waals surface area (Å²) < 4.78 is 0. The second-order valence-electron chi connectivity index (χ2n) is 5.55. The van der Waals surface area contributed by atoms with Crippen LogP contribution in [0.25, 0.3) is 0 Å². The zero-order valence-corrected chi connectivity index (χ0v) is 14.4. The highest BCUT2D eigenvalue weighted by molar-refractivity contribution is 5.99.